The maximum Gasteiger partial charge on any atom is 0.211 e. The van der Waals surface area contributed by atoms with E-state index in [2.05, 4.69) is 27.6 Å². The van der Waals surface area contributed by atoms with Gasteiger partial charge < -0.3 is 0 Å². The molecule has 1 atom stereocenters. The Hall–Kier alpha value is 0.390. The summed E-state index contributed by atoms with van der Waals surface area (Å²) >= 11 is 3.38. The smallest absolute Gasteiger partial charge is 0.211 e. The fourth-order valence-electron chi connectivity index (χ4n) is 1.31. The summed E-state index contributed by atoms with van der Waals surface area (Å²) in [5.74, 6) is 1.12. The predicted molar refractivity (Wildman–Crippen MR) is 73.4 cm³/mol. The van der Waals surface area contributed by atoms with Crippen molar-refractivity contribution in [2.45, 2.75) is 40.0 Å². The fourth-order valence-corrected chi connectivity index (χ4v) is 3.38. The zero-order valence-electron chi connectivity index (χ0n) is 10.5. The maximum absolute atomic E-state index is 11.6. The number of rotatable bonds is 9. The van der Waals surface area contributed by atoms with Crippen molar-refractivity contribution in [3.05, 3.63) is 0 Å². The van der Waals surface area contributed by atoms with Crippen molar-refractivity contribution in [2.24, 2.45) is 11.8 Å². The van der Waals surface area contributed by atoms with Crippen LogP contribution in [0.1, 0.15) is 40.0 Å². The Kier molecular flexibility index (Phi) is 8.68. The Morgan fingerprint density at radius 1 is 1.25 bits per heavy atom. The number of nitrogens with one attached hydrogen (secondary N) is 1. The standard InChI is InChI=1S/C11H24BrNO2S/c1-4-11(5-7-12)9-13-16(14,15)8-6-10(2)3/h10-11,13H,4-9H2,1-3H3. The highest BCUT2D eigenvalue weighted by Crippen LogP contribution is 2.09. The highest BCUT2D eigenvalue weighted by Gasteiger charge is 2.13. The molecule has 0 aromatic rings. The van der Waals surface area contributed by atoms with Crippen molar-refractivity contribution in [3.63, 3.8) is 0 Å². The molecule has 3 nitrogen and oxygen atoms in total. The third kappa shape index (κ3) is 8.53. The van der Waals surface area contributed by atoms with Crippen LogP contribution in [0.15, 0.2) is 0 Å². The van der Waals surface area contributed by atoms with Gasteiger partial charge in [-0.25, -0.2) is 13.1 Å². The Morgan fingerprint density at radius 3 is 2.31 bits per heavy atom. The molecule has 0 heterocycles. The van der Waals surface area contributed by atoms with Crippen LogP contribution in [-0.2, 0) is 10.0 Å². The van der Waals surface area contributed by atoms with Gasteiger partial charge in [-0.2, -0.15) is 0 Å². The lowest BCUT2D eigenvalue weighted by molar-refractivity contribution is 0.481. The van der Waals surface area contributed by atoms with Crippen LogP contribution < -0.4 is 4.72 Å². The van der Waals surface area contributed by atoms with E-state index in [1.165, 1.54) is 0 Å². The van der Waals surface area contributed by atoms with Crippen molar-refractivity contribution in [1.82, 2.24) is 4.72 Å². The lowest BCUT2D eigenvalue weighted by Crippen LogP contribution is -2.31. The van der Waals surface area contributed by atoms with Crippen LogP contribution >= 0.6 is 15.9 Å². The van der Waals surface area contributed by atoms with E-state index >= 15 is 0 Å². The van der Waals surface area contributed by atoms with Gasteiger partial charge in [-0.05, 0) is 24.7 Å². The van der Waals surface area contributed by atoms with Gasteiger partial charge in [0.25, 0.3) is 0 Å². The first-order valence-corrected chi connectivity index (χ1v) is 8.72. The lowest BCUT2D eigenvalue weighted by Gasteiger charge is -2.14. The normalized spacial score (nSPS) is 14.3. The van der Waals surface area contributed by atoms with Crippen LogP contribution in [0.3, 0.4) is 0 Å². The molecule has 0 spiro atoms. The SMILES string of the molecule is CCC(CCBr)CNS(=O)(=O)CCC(C)C. The maximum atomic E-state index is 11.6. The molecule has 0 amide bonds. The third-order valence-corrected chi connectivity index (χ3v) is 4.49. The highest BCUT2D eigenvalue weighted by molar-refractivity contribution is 9.09. The third-order valence-electron chi connectivity index (χ3n) is 2.65. The molecule has 0 saturated heterocycles. The molecule has 98 valence electrons. The fraction of sp³-hybridized carbons (Fsp3) is 1.00. The second-order valence-electron chi connectivity index (χ2n) is 4.60. The molecule has 0 aliphatic carbocycles. The van der Waals surface area contributed by atoms with Crippen molar-refractivity contribution in [1.29, 1.82) is 0 Å². The first-order chi connectivity index (χ1) is 7.41. The van der Waals surface area contributed by atoms with E-state index in [1.807, 2.05) is 13.8 Å². The lowest BCUT2D eigenvalue weighted by atomic mass is 10.0. The number of sulfonamides is 1. The molecular weight excluding hydrogens is 290 g/mol. The first-order valence-electron chi connectivity index (χ1n) is 5.94. The average Bonchev–Trinajstić information content (AvgIpc) is 2.21. The number of halogens is 1. The molecular formula is C11H24BrNO2S. The van der Waals surface area contributed by atoms with Crippen LogP contribution in [0.5, 0.6) is 0 Å². The zero-order chi connectivity index (χ0) is 12.6. The second kappa shape index (κ2) is 8.48. The van der Waals surface area contributed by atoms with Gasteiger partial charge in [-0.3, -0.25) is 0 Å². The number of hydrogen-bond acceptors (Lipinski definition) is 2. The predicted octanol–water partition coefficient (Wildman–Crippen LogP) is 2.76. The van der Waals surface area contributed by atoms with Gasteiger partial charge in [0.2, 0.25) is 10.0 Å². The summed E-state index contributed by atoms with van der Waals surface area (Å²) in [5.41, 5.74) is 0. The molecule has 0 aromatic heterocycles. The molecule has 1 unspecified atom stereocenters. The van der Waals surface area contributed by atoms with Crippen LogP contribution in [-0.4, -0.2) is 26.0 Å². The minimum atomic E-state index is -3.07. The first kappa shape index (κ1) is 16.4. The topological polar surface area (TPSA) is 46.2 Å². The summed E-state index contributed by atoms with van der Waals surface area (Å²) in [7, 11) is -3.07. The van der Waals surface area contributed by atoms with Gasteiger partial charge in [0, 0.05) is 11.9 Å². The molecule has 0 bridgehead atoms. The van der Waals surface area contributed by atoms with Gasteiger partial charge >= 0.3 is 0 Å². The minimum absolute atomic E-state index is 0.245. The van der Waals surface area contributed by atoms with E-state index < -0.39 is 10.0 Å². The molecule has 0 saturated carbocycles. The summed E-state index contributed by atoms with van der Waals surface area (Å²) in [6.07, 6.45) is 2.76. The minimum Gasteiger partial charge on any atom is -0.215 e. The van der Waals surface area contributed by atoms with E-state index in [1.54, 1.807) is 0 Å². The highest BCUT2D eigenvalue weighted by atomic mass is 79.9. The van der Waals surface area contributed by atoms with Crippen molar-refractivity contribution < 1.29 is 8.42 Å². The Labute approximate surface area is 109 Å². The molecule has 0 rings (SSSR count). The molecule has 0 aromatic carbocycles. The molecule has 0 aliphatic rings. The van der Waals surface area contributed by atoms with E-state index in [9.17, 15) is 8.42 Å². The molecule has 1 N–H and O–H groups in total. The van der Waals surface area contributed by atoms with E-state index in [0.717, 1.165) is 24.6 Å². The summed E-state index contributed by atoms with van der Waals surface area (Å²) in [6, 6.07) is 0. The molecule has 16 heavy (non-hydrogen) atoms. The van der Waals surface area contributed by atoms with Gasteiger partial charge in [0.15, 0.2) is 0 Å². The summed E-state index contributed by atoms with van der Waals surface area (Å²) in [5, 5.41) is 0.930. The van der Waals surface area contributed by atoms with Crippen molar-refractivity contribution in [3.8, 4) is 0 Å². The Bertz CT molecular complexity index is 265. The van der Waals surface area contributed by atoms with E-state index in [-0.39, 0.29) is 5.75 Å². The Morgan fingerprint density at radius 2 is 1.88 bits per heavy atom. The van der Waals surface area contributed by atoms with Crippen molar-refractivity contribution in [2.75, 3.05) is 17.6 Å². The van der Waals surface area contributed by atoms with E-state index in [0.29, 0.717) is 18.4 Å². The summed E-state index contributed by atoms with van der Waals surface area (Å²) < 4.78 is 26.0. The molecule has 5 heteroatoms. The Balaban J connectivity index is 3.97. The largest absolute Gasteiger partial charge is 0.215 e. The van der Waals surface area contributed by atoms with Gasteiger partial charge in [0.1, 0.15) is 0 Å². The van der Waals surface area contributed by atoms with Crippen LogP contribution in [0.4, 0.5) is 0 Å². The van der Waals surface area contributed by atoms with Crippen molar-refractivity contribution >= 4 is 26.0 Å². The summed E-state index contributed by atoms with van der Waals surface area (Å²) in [6.45, 7) is 6.74. The van der Waals surface area contributed by atoms with Gasteiger partial charge in [0.05, 0.1) is 5.75 Å². The van der Waals surface area contributed by atoms with Gasteiger partial charge in [-0.15, -0.1) is 0 Å². The monoisotopic (exact) mass is 313 g/mol. The van der Waals surface area contributed by atoms with Crippen LogP contribution in [0.25, 0.3) is 0 Å². The quantitative estimate of drug-likeness (QED) is 0.665. The molecule has 0 radical (unpaired) electrons. The number of hydrogen-bond donors (Lipinski definition) is 1. The molecule has 0 fully saturated rings. The molecule has 0 aliphatic heterocycles. The van der Waals surface area contributed by atoms with Crippen LogP contribution in [0.2, 0.25) is 0 Å². The number of alkyl halides is 1. The van der Waals surface area contributed by atoms with E-state index in [4.69, 9.17) is 0 Å². The zero-order valence-corrected chi connectivity index (χ0v) is 12.9. The van der Waals surface area contributed by atoms with Gasteiger partial charge in [-0.1, -0.05) is 43.1 Å². The van der Waals surface area contributed by atoms with Crippen LogP contribution in [0, 0.1) is 11.8 Å². The second-order valence-corrected chi connectivity index (χ2v) is 7.32. The summed E-state index contributed by atoms with van der Waals surface area (Å²) in [4.78, 5) is 0. The average molecular weight is 314 g/mol.